The SMILES string of the molecule is O=C(COc1ccc([N+](=O)[O-])cc1Br)N/N=C\c1ccc2ccccc2c1. The molecule has 1 N–H and O–H groups in total. The highest BCUT2D eigenvalue weighted by atomic mass is 79.9. The molecule has 3 aromatic carbocycles. The van der Waals surface area contributed by atoms with Crippen molar-refractivity contribution in [1.82, 2.24) is 5.43 Å². The van der Waals surface area contributed by atoms with Gasteiger partial charge in [0, 0.05) is 12.1 Å². The standard InChI is InChI=1S/C19H14BrN3O4/c20-17-10-16(23(25)26)7-8-18(17)27-12-19(24)22-21-11-13-5-6-14-3-1-2-4-15(14)9-13/h1-11H,12H2,(H,22,24)/b21-11-. The molecule has 0 atom stereocenters. The fourth-order valence-corrected chi connectivity index (χ4v) is 2.84. The van der Waals surface area contributed by atoms with Gasteiger partial charge < -0.3 is 4.74 Å². The first-order valence-corrected chi connectivity index (χ1v) is 8.70. The second kappa shape index (κ2) is 8.41. The van der Waals surface area contributed by atoms with Crippen LogP contribution in [0.15, 0.2) is 70.2 Å². The Hall–Kier alpha value is -3.26. The van der Waals surface area contributed by atoms with Crippen LogP contribution in [0.25, 0.3) is 10.8 Å². The van der Waals surface area contributed by atoms with Gasteiger partial charge in [0.05, 0.1) is 15.6 Å². The van der Waals surface area contributed by atoms with Gasteiger partial charge in [0.15, 0.2) is 6.61 Å². The molecule has 0 aliphatic heterocycles. The molecule has 3 aromatic rings. The summed E-state index contributed by atoms with van der Waals surface area (Å²) < 4.78 is 5.73. The molecule has 8 heteroatoms. The number of fused-ring (bicyclic) bond motifs is 1. The minimum Gasteiger partial charge on any atom is -0.483 e. The average Bonchev–Trinajstić information content (AvgIpc) is 2.66. The van der Waals surface area contributed by atoms with Gasteiger partial charge in [-0.05, 0) is 44.4 Å². The predicted octanol–water partition coefficient (Wildman–Crippen LogP) is 4.04. The van der Waals surface area contributed by atoms with Gasteiger partial charge in [-0.15, -0.1) is 0 Å². The molecule has 0 aromatic heterocycles. The fourth-order valence-electron chi connectivity index (χ4n) is 2.36. The van der Waals surface area contributed by atoms with Gasteiger partial charge in [0.25, 0.3) is 11.6 Å². The second-order valence-electron chi connectivity index (χ2n) is 5.56. The van der Waals surface area contributed by atoms with E-state index in [2.05, 4.69) is 26.5 Å². The van der Waals surface area contributed by atoms with E-state index < -0.39 is 10.8 Å². The Balaban J connectivity index is 1.54. The molecular weight excluding hydrogens is 414 g/mol. The number of hydrazone groups is 1. The number of nitrogens with one attached hydrogen (secondary N) is 1. The third-order valence-corrected chi connectivity index (χ3v) is 4.28. The van der Waals surface area contributed by atoms with Gasteiger partial charge in [0.2, 0.25) is 0 Å². The summed E-state index contributed by atoms with van der Waals surface area (Å²) >= 11 is 3.18. The number of non-ortho nitro benzene ring substituents is 1. The summed E-state index contributed by atoms with van der Waals surface area (Å²) in [6, 6.07) is 17.8. The van der Waals surface area contributed by atoms with Crippen molar-refractivity contribution >= 4 is 44.5 Å². The average molecular weight is 428 g/mol. The number of rotatable bonds is 6. The Kier molecular flexibility index (Phi) is 5.77. The lowest BCUT2D eigenvalue weighted by molar-refractivity contribution is -0.384. The number of amides is 1. The van der Waals surface area contributed by atoms with Crippen molar-refractivity contribution in [2.24, 2.45) is 5.10 Å². The van der Waals surface area contributed by atoms with Crippen LogP contribution in [-0.4, -0.2) is 23.7 Å². The third-order valence-electron chi connectivity index (χ3n) is 3.66. The number of carbonyl (C=O) groups is 1. The first-order chi connectivity index (χ1) is 13.0. The van der Waals surface area contributed by atoms with Gasteiger partial charge in [-0.1, -0.05) is 36.4 Å². The largest absolute Gasteiger partial charge is 0.483 e. The van der Waals surface area contributed by atoms with Crippen molar-refractivity contribution in [2.45, 2.75) is 0 Å². The molecule has 7 nitrogen and oxygen atoms in total. The topological polar surface area (TPSA) is 93.8 Å². The Bertz CT molecular complexity index is 1040. The first kappa shape index (κ1) is 18.5. The van der Waals surface area contributed by atoms with Crippen LogP contribution in [-0.2, 0) is 4.79 Å². The van der Waals surface area contributed by atoms with Crippen LogP contribution in [0, 0.1) is 10.1 Å². The van der Waals surface area contributed by atoms with Crippen molar-refractivity contribution < 1.29 is 14.5 Å². The molecule has 0 saturated heterocycles. The van der Waals surface area contributed by atoms with Gasteiger partial charge in [-0.3, -0.25) is 14.9 Å². The number of benzene rings is 3. The van der Waals surface area contributed by atoms with Crippen LogP contribution in [0.4, 0.5) is 5.69 Å². The Labute approximate surface area is 162 Å². The molecule has 0 radical (unpaired) electrons. The highest BCUT2D eigenvalue weighted by Gasteiger charge is 2.11. The van der Waals surface area contributed by atoms with Crippen LogP contribution in [0.3, 0.4) is 0 Å². The number of halogens is 1. The summed E-state index contributed by atoms with van der Waals surface area (Å²) in [5.74, 6) is -0.119. The van der Waals surface area contributed by atoms with Gasteiger partial charge in [-0.25, -0.2) is 5.43 Å². The number of hydrogen-bond acceptors (Lipinski definition) is 5. The monoisotopic (exact) mass is 427 g/mol. The molecule has 136 valence electrons. The quantitative estimate of drug-likeness (QED) is 0.364. The van der Waals surface area contributed by atoms with Crippen LogP contribution in [0.5, 0.6) is 5.75 Å². The Morgan fingerprint density at radius 3 is 2.67 bits per heavy atom. The van der Waals surface area contributed by atoms with Crippen molar-refractivity contribution in [3.63, 3.8) is 0 Å². The maximum atomic E-state index is 11.8. The zero-order chi connectivity index (χ0) is 19.2. The number of ether oxygens (including phenoxy) is 1. The molecular formula is C19H14BrN3O4. The summed E-state index contributed by atoms with van der Waals surface area (Å²) in [5, 5.41) is 16.8. The molecule has 0 spiro atoms. The van der Waals surface area contributed by atoms with Crippen LogP contribution in [0.2, 0.25) is 0 Å². The molecule has 0 bridgehead atoms. The summed E-state index contributed by atoms with van der Waals surface area (Å²) in [5.41, 5.74) is 3.16. The van der Waals surface area contributed by atoms with Gasteiger partial charge in [-0.2, -0.15) is 5.10 Å². The maximum absolute atomic E-state index is 11.8. The van der Waals surface area contributed by atoms with Crippen LogP contribution < -0.4 is 10.2 Å². The van der Waals surface area contributed by atoms with Crippen LogP contribution in [0.1, 0.15) is 5.56 Å². The van der Waals surface area contributed by atoms with E-state index in [9.17, 15) is 14.9 Å². The lowest BCUT2D eigenvalue weighted by Gasteiger charge is -2.06. The first-order valence-electron chi connectivity index (χ1n) is 7.90. The fraction of sp³-hybridized carbons (Fsp3) is 0.0526. The highest BCUT2D eigenvalue weighted by molar-refractivity contribution is 9.10. The molecule has 0 heterocycles. The molecule has 0 aliphatic rings. The second-order valence-corrected chi connectivity index (χ2v) is 6.41. The summed E-state index contributed by atoms with van der Waals surface area (Å²) in [6.07, 6.45) is 1.55. The summed E-state index contributed by atoms with van der Waals surface area (Å²) in [7, 11) is 0. The molecule has 0 unspecified atom stereocenters. The zero-order valence-electron chi connectivity index (χ0n) is 14.0. The summed E-state index contributed by atoms with van der Waals surface area (Å²) in [4.78, 5) is 22.0. The number of carbonyl (C=O) groups excluding carboxylic acids is 1. The van der Waals surface area contributed by atoms with Gasteiger partial charge in [0.1, 0.15) is 5.75 Å². The molecule has 1 amide bonds. The van der Waals surface area contributed by atoms with E-state index in [0.29, 0.717) is 10.2 Å². The van der Waals surface area contributed by atoms with Crippen molar-refractivity contribution in [3.8, 4) is 5.75 Å². The number of nitro benzene ring substituents is 1. The van der Waals surface area contributed by atoms with E-state index in [-0.39, 0.29) is 12.3 Å². The smallest absolute Gasteiger partial charge is 0.277 e. The zero-order valence-corrected chi connectivity index (χ0v) is 15.5. The number of nitrogens with zero attached hydrogens (tertiary/aromatic N) is 2. The highest BCUT2D eigenvalue weighted by Crippen LogP contribution is 2.28. The van der Waals surface area contributed by atoms with E-state index in [4.69, 9.17) is 4.74 Å². The molecule has 0 aliphatic carbocycles. The molecule has 0 saturated carbocycles. The number of nitro groups is 1. The van der Waals surface area contributed by atoms with Crippen molar-refractivity contribution in [3.05, 3.63) is 80.8 Å². The minimum absolute atomic E-state index is 0.0707. The predicted molar refractivity (Wildman–Crippen MR) is 106 cm³/mol. The minimum atomic E-state index is -0.511. The lowest BCUT2D eigenvalue weighted by atomic mass is 10.1. The third kappa shape index (κ3) is 4.89. The van der Waals surface area contributed by atoms with Gasteiger partial charge >= 0.3 is 0 Å². The van der Waals surface area contributed by atoms with E-state index in [1.54, 1.807) is 6.21 Å². The van der Waals surface area contributed by atoms with E-state index in [0.717, 1.165) is 16.3 Å². The van der Waals surface area contributed by atoms with Crippen LogP contribution >= 0.6 is 15.9 Å². The normalized spacial score (nSPS) is 10.9. The van der Waals surface area contributed by atoms with E-state index in [1.165, 1.54) is 18.2 Å². The van der Waals surface area contributed by atoms with E-state index in [1.807, 2.05) is 42.5 Å². The molecule has 27 heavy (non-hydrogen) atoms. The molecule has 0 fully saturated rings. The Morgan fingerprint density at radius 1 is 1.15 bits per heavy atom. The van der Waals surface area contributed by atoms with Crippen molar-refractivity contribution in [1.29, 1.82) is 0 Å². The maximum Gasteiger partial charge on any atom is 0.277 e. The molecule has 3 rings (SSSR count). The van der Waals surface area contributed by atoms with E-state index >= 15 is 0 Å². The summed E-state index contributed by atoms with van der Waals surface area (Å²) in [6.45, 7) is -0.272. The lowest BCUT2D eigenvalue weighted by Crippen LogP contribution is -2.24. The van der Waals surface area contributed by atoms with Crippen molar-refractivity contribution in [2.75, 3.05) is 6.61 Å². The Morgan fingerprint density at radius 2 is 1.93 bits per heavy atom. The number of hydrogen-bond donors (Lipinski definition) is 1.